The second kappa shape index (κ2) is 30.9. The smallest absolute Gasteiger partial charge is 0.326 e. The molecule has 0 aliphatic carbocycles. The van der Waals surface area contributed by atoms with E-state index < -0.39 is 120 Å². The average molecular weight is 1010 g/mol. The molecular weight excluding hydrogens is 923 g/mol. The first-order chi connectivity index (χ1) is 33.4. The number of hydrogen-bond donors (Lipinski definition) is 13. The fourth-order valence-electron chi connectivity index (χ4n) is 8.03. The van der Waals surface area contributed by atoms with Crippen LogP contribution in [0.25, 0.3) is 0 Å². The van der Waals surface area contributed by atoms with Crippen LogP contribution in [0.2, 0.25) is 0 Å². The maximum Gasteiger partial charge on any atom is 0.326 e. The molecule has 8 amide bonds. The molecular formula is C47H83N13O11. The van der Waals surface area contributed by atoms with Gasteiger partial charge in [0.05, 0.1) is 18.5 Å². The molecule has 1 aliphatic rings. The van der Waals surface area contributed by atoms with E-state index >= 15 is 0 Å². The number of nitrogens with one attached hydrogen (secondary N) is 8. The Labute approximate surface area is 417 Å². The lowest BCUT2D eigenvalue weighted by Gasteiger charge is -2.33. The van der Waals surface area contributed by atoms with E-state index in [1.807, 2.05) is 13.8 Å². The monoisotopic (exact) mass is 1010 g/mol. The molecule has 0 spiro atoms. The van der Waals surface area contributed by atoms with Crippen LogP contribution in [0.4, 0.5) is 0 Å². The van der Waals surface area contributed by atoms with Crippen molar-refractivity contribution in [2.45, 2.75) is 186 Å². The van der Waals surface area contributed by atoms with Gasteiger partial charge in [-0.1, -0.05) is 41.5 Å². The summed E-state index contributed by atoms with van der Waals surface area (Å²) in [6.07, 6.45) is 4.29. The summed E-state index contributed by atoms with van der Waals surface area (Å²) in [5.41, 5.74) is 17.6. The Balaban J connectivity index is 2.33. The molecule has 1 saturated heterocycles. The Morgan fingerprint density at radius 2 is 1.15 bits per heavy atom. The van der Waals surface area contributed by atoms with Crippen molar-refractivity contribution in [3.8, 4) is 0 Å². The average Bonchev–Trinajstić information content (AvgIpc) is 4.01. The summed E-state index contributed by atoms with van der Waals surface area (Å²) >= 11 is 0. The molecule has 16 N–H and O–H groups in total. The molecule has 2 heterocycles. The summed E-state index contributed by atoms with van der Waals surface area (Å²) in [5.74, 6) is -7.62. The molecule has 1 fully saturated rings. The molecule has 0 aromatic carbocycles. The lowest BCUT2D eigenvalue weighted by Crippen LogP contribution is -2.62. The van der Waals surface area contributed by atoms with Crippen LogP contribution in [-0.4, -0.2) is 158 Å². The van der Waals surface area contributed by atoms with Crippen LogP contribution in [0.15, 0.2) is 12.5 Å². The number of nitrogens with two attached hydrogens (primary N) is 3. The Hall–Kier alpha value is -5.72. The second-order valence-electron chi connectivity index (χ2n) is 19.7. The number of amides is 8. The number of unbranched alkanes of at least 4 members (excludes halogenated alkanes) is 2. The molecule has 0 saturated carbocycles. The van der Waals surface area contributed by atoms with Gasteiger partial charge in [0.25, 0.3) is 0 Å². The SMILES string of the molecule is CC(C)C[C@H](NC(=O)[C@H](Cc1cnc[nH]1)NC(=O)[C@@H](NC(=O)[C@H](CCCCN)NC(=O)[C@@H]1CCCN1C(=O)[C@@H](NC(=O)[C@H](CC(C)C)NC(=O)[C@H](CCCCN)NC(=O)[C@H](C)N)C(C)C)[C@@H](C)O)C(=O)O. The largest absolute Gasteiger partial charge is 0.480 e. The molecule has 1 aromatic heterocycles. The molecule has 0 radical (unpaired) electrons. The van der Waals surface area contributed by atoms with E-state index in [-0.39, 0.29) is 63.5 Å². The lowest BCUT2D eigenvalue weighted by atomic mass is 9.98. The highest BCUT2D eigenvalue weighted by molar-refractivity contribution is 5.98. The predicted octanol–water partition coefficient (Wildman–Crippen LogP) is -1.84. The number of carboxylic acid groups (broad SMARTS) is 1. The standard InChI is InChI=1S/C47H83N13O11/c1-25(2)20-33(55-40(63)31(14-9-11-17-48)53-39(62)28(7)50)43(66)58-37(27(5)6)46(69)60-19-13-16-36(60)44(67)54-32(15-10-12-18-49)41(64)59-38(29(8)61)45(68)56-34(22-30-23-51-24-52-30)42(65)57-35(47(70)71)21-26(3)4/h23-29,31-38,61H,9-22,48-50H2,1-8H3,(H,51,52)(H,53,62)(H,54,67)(H,55,63)(H,56,68)(H,57,65)(H,58,66)(H,59,64)(H,70,71)/t28-,29+,31-,32-,33-,34-,35-,36-,37-,38-/m0/s1. The molecule has 24 nitrogen and oxygen atoms in total. The fraction of sp³-hybridized carbons (Fsp3) is 0.745. The number of aliphatic hydroxyl groups excluding tert-OH is 1. The number of hydrogen-bond acceptors (Lipinski definition) is 14. The van der Waals surface area contributed by atoms with Gasteiger partial charge in [-0.15, -0.1) is 0 Å². The van der Waals surface area contributed by atoms with Crippen molar-refractivity contribution < 1.29 is 53.4 Å². The Bertz CT molecular complexity index is 1900. The van der Waals surface area contributed by atoms with Crippen LogP contribution in [-0.2, 0) is 49.6 Å². The van der Waals surface area contributed by atoms with Gasteiger partial charge in [0, 0.05) is 24.9 Å². The molecule has 24 heteroatoms. The molecule has 0 bridgehead atoms. The van der Waals surface area contributed by atoms with E-state index in [0.717, 1.165) is 0 Å². The molecule has 0 unspecified atom stereocenters. The third-order valence-corrected chi connectivity index (χ3v) is 12.0. The number of H-pyrrole nitrogens is 1. The number of carbonyl (C=O) groups excluding carboxylic acids is 8. The molecule has 402 valence electrons. The molecule has 1 aromatic rings. The van der Waals surface area contributed by atoms with Gasteiger partial charge >= 0.3 is 5.97 Å². The fourth-order valence-corrected chi connectivity index (χ4v) is 8.03. The van der Waals surface area contributed by atoms with Gasteiger partial charge in [-0.3, -0.25) is 38.4 Å². The minimum absolute atomic E-state index is 0.0529. The molecule has 2 rings (SSSR count). The number of imidazole rings is 1. The first-order valence-electron chi connectivity index (χ1n) is 24.9. The summed E-state index contributed by atoms with van der Waals surface area (Å²) in [4.78, 5) is 130. The van der Waals surface area contributed by atoms with Crippen molar-refractivity contribution in [3.63, 3.8) is 0 Å². The van der Waals surface area contributed by atoms with Gasteiger partial charge in [0.1, 0.15) is 48.3 Å². The topological polar surface area (TPSA) is 388 Å². The number of aliphatic hydroxyl groups is 1. The minimum Gasteiger partial charge on any atom is -0.480 e. The van der Waals surface area contributed by atoms with E-state index in [0.29, 0.717) is 44.3 Å². The van der Waals surface area contributed by atoms with Crippen molar-refractivity contribution in [2.24, 2.45) is 35.0 Å². The Morgan fingerprint density at radius 1 is 0.662 bits per heavy atom. The van der Waals surface area contributed by atoms with Crippen molar-refractivity contribution in [2.75, 3.05) is 19.6 Å². The number of carbonyl (C=O) groups is 9. The molecule has 1 aliphatic heterocycles. The van der Waals surface area contributed by atoms with Crippen LogP contribution in [0.5, 0.6) is 0 Å². The number of rotatable bonds is 32. The van der Waals surface area contributed by atoms with E-state index in [9.17, 15) is 53.4 Å². The highest BCUT2D eigenvalue weighted by Crippen LogP contribution is 2.22. The van der Waals surface area contributed by atoms with Crippen molar-refractivity contribution >= 4 is 53.2 Å². The van der Waals surface area contributed by atoms with Crippen molar-refractivity contribution in [1.82, 2.24) is 52.1 Å². The van der Waals surface area contributed by atoms with Crippen LogP contribution in [0, 0.1) is 17.8 Å². The highest BCUT2D eigenvalue weighted by Gasteiger charge is 2.41. The molecule has 71 heavy (non-hydrogen) atoms. The zero-order valence-electron chi connectivity index (χ0n) is 42.8. The Morgan fingerprint density at radius 3 is 1.66 bits per heavy atom. The van der Waals surface area contributed by atoms with E-state index in [1.54, 1.807) is 27.7 Å². The summed E-state index contributed by atoms with van der Waals surface area (Å²) in [6.45, 7) is 14.3. The third-order valence-electron chi connectivity index (χ3n) is 12.0. The van der Waals surface area contributed by atoms with Crippen molar-refractivity contribution in [3.05, 3.63) is 18.2 Å². The number of carboxylic acids is 1. The van der Waals surface area contributed by atoms with Gasteiger partial charge in [0.15, 0.2) is 0 Å². The number of aromatic amines is 1. The number of nitrogens with zero attached hydrogens (tertiary/aromatic N) is 2. The minimum atomic E-state index is -1.65. The first-order valence-corrected chi connectivity index (χ1v) is 24.9. The van der Waals surface area contributed by atoms with Gasteiger partial charge in [-0.25, -0.2) is 9.78 Å². The van der Waals surface area contributed by atoms with Gasteiger partial charge in [0.2, 0.25) is 47.3 Å². The van der Waals surface area contributed by atoms with Gasteiger partial charge < -0.3 is 74.5 Å². The normalized spacial score (nSPS) is 17.5. The Kier molecular flexibility index (Phi) is 26.7. The predicted molar refractivity (Wildman–Crippen MR) is 263 cm³/mol. The maximum atomic E-state index is 14.4. The van der Waals surface area contributed by atoms with Crippen LogP contribution >= 0.6 is 0 Å². The van der Waals surface area contributed by atoms with E-state index in [4.69, 9.17) is 17.2 Å². The molecule has 10 atom stereocenters. The van der Waals surface area contributed by atoms with Crippen LogP contribution in [0.3, 0.4) is 0 Å². The second-order valence-corrected chi connectivity index (χ2v) is 19.7. The zero-order chi connectivity index (χ0) is 53.5. The highest BCUT2D eigenvalue weighted by atomic mass is 16.4. The number of aliphatic carboxylic acids is 1. The summed E-state index contributed by atoms with van der Waals surface area (Å²) < 4.78 is 0. The summed E-state index contributed by atoms with van der Waals surface area (Å²) in [7, 11) is 0. The lowest BCUT2D eigenvalue weighted by molar-refractivity contribution is -0.143. The maximum absolute atomic E-state index is 14.4. The third kappa shape index (κ3) is 20.9. The van der Waals surface area contributed by atoms with Gasteiger partial charge in [-0.05, 0) is 109 Å². The summed E-state index contributed by atoms with van der Waals surface area (Å²) in [5, 5.41) is 39.0. The number of likely N-dealkylation sites (tertiary alicyclic amines) is 1. The van der Waals surface area contributed by atoms with Gasteiger partial charge in [-0.2, -0.15) is 0 Å². The first kappa shape index (κ1) is 61.4. The number of aromatic nitrogens is 2. The van der Waals surface area contributed by atoms with Crippen LogP contribution < -0.4 is 54.4 Å². The van der Waals surface area contributed by atoms with E-state index in [2.05, 4.69) is 47.2 Å². The quantitative estimate of drug-likeness (QED) is 0.0353. The van der Waals surface area contributed by atoms with E-state index in [1.165, 1.54) is 31.3 Å². The van der Waals surface area contributed by atoms with Crippen molar-refractivity contribution in [1.29, 1.82) is 0 Å². The van der Waals surface area contributed by atoms with Crippen LogP contribution in [0.1, 0.15) is 125 Å². The summed E-state index contributed by atoms with van der Waals surface area (Å²) in [6, 6.07) is -10.8. The zero-order valence-corrected chi connectivity index (χ0v) is 42.8.